The normalized spacial score (nSPS) is 14.5. The molecule has 0 aromatic carbocycles. The van der Waals surface area contributed by atoms with E-state index in [9.17, 15) is 0 Å². The molecule has 0 saturated heterocycles. The molecular formula is C11H24N2. The molecule has 0 radical (unpaired) electrons. The summed E-state index contributed by atoms with van der Waals surface area (Å²) in [6.45, 7) is 12.9. The Morgan fingerprint density at radius 3 is 1.77 bits per heavy atom. The van der Waals surface area contributed by atoms with Crippen LogP contribution >= 0.6 is 0 Å². The minimum absolute atomic E-state index is 0.232. The largest absolute Gasteiger partial charge is 0.360 e. The quantitative estimate of drug-likeness (QED) is 0.518. The van der Waals surface area contributed by atoms with E-state index >= 15 is 0 Å². The first-order valence-corrected chi connectivity index (χ1v) is 4.99. The van der Waals surface area contributed by atoms with E-state index in [4.69, 9.17) is 5.41 Å². The van der Waals surface area contributed by atoms with Crippen LogP contribution in [0.3, 0.4) is 0 Å². The Morgan fingerprint density at radius 2 is 1.54 bits per heavy atom. The highest BCUT2D eigenvalue weighted by Gasteiger charge is 2.25. The van der Waals surface area contributed by atoms with E-state index in [-0.39, 0.29) is 5.41 Å². The lowest BCUT2D eigenvalue weighted by atomic mass is 9.86. The van der Waals surface area contributed by atoms with Crippen LogP contribution in [0.15, 0.2) is 0 Å². The fourth-order valence-corrected chi connectivity index (χ4v) is 1.20. The van der Waals surface area contributed by atoms with Crippen molar-refractivity contribution in [3.05, 3.63) is 0 Å². The van der Waals surface area contributed by atoms with E-state index in [1.54, 1.807) is 0 Å². The van der Waals surface area contributed by atoms with Crippen LogP contribution in [0, 0.1) is 16.7 Å². The smallest absolute Gasteiger partial charge is 0.0983 e. The maximum absolute atomic E-state index is 7.89. The van der Waals surface area contributed by atoms with Gasteiger partial charge in [0.2, 0.25) is 0 Å². The van der Waals surface area contributed by atoms with Gasteiger partial charge in [0.1, 0.15) is 0 Å². The topological polar surface area (TPSA) is 27.1 Å². The van der Waals surface area contributed by atoms with Gasteiger partial charge >= 0.3 is 0 Å². The second kappa shape index (κ2) is 4.12. The van der Waals surface area contributed by atoms with Gasteiger partial charge in [-0.25, -0.2) is 0 Å². The van der Waals surface area contributed by atoms with Crippen molar-refractivity contribution in [3.63, 3.8) is 0 Å². The number of rotatable bonds is 2. The van der Waals surface area contributed by atoms with Gasteiger partial charge in [-0.2, -0.15) is 0 Å². The van der Waals surface area contributed by atoms with E-state index in [1.807, 2.05) is 7.05 Å². The first kappa shape index (κ1) is 12.5. The van der Waals surface area contributed by atoms with E-state index in [2.05, 4.69) is 46.4 Å². The third-order valence-corrected chi connectivity index (χ3v) is 2.76. The Bertz CT molecular complexity index is 177. The first-order valence-electron chi connectivity index (χ1n) is 4.99. The molecule has 0 bridgehead atoms. The highest BCUT2D eigenvalue weighted by atomic mass is 15.2. The average molecular weight is 184 g/mol. The van der Waals surface area contributed by atoms with Crippen molar-refractivity contribution >= 4 is 5.84 Å². The van der Waals surface area contributed by atoms with E-state index in [0.29, 0.717) is 12.0 Å². The van der Waals surface area contributed by atoms with Gasteiger partial charge in [-0.1, -0.05) is 34.6 Å². The van der Waals surface area contributed by atoms with Crippen molar-refractivity contribution in [2.45, 2.75) is 47.6 Å². The second-order valence-electron chi connectivity index (χ2n) is 5.19. The Hall–Kier alpha value is -0.530. The zero-order valence-electron chi connectivity index (χ0n) is 10.1. The van der Waals surface area contributed by atoms with Gasteiger partial charge in [0, 0.05) is 19.0 Å². The second-order valence-corrected chi connectivity index (χ2v) is 5.19. The zero-order chi connectivity index (χ0) is 10.8. The Labute approximate surface area is 82.8 Å². The molecule has 2 nitrogen and oxygen atoms in total. The molecule has 1 unspecified atom stereocenters. The summed E-state index contributed by atoms with van der Waals surface area (Å²) in [6, 6.07) is 0.405. The molecule has 0 amide bonds. The molecule has 0 fully saturated rings. The van der Waals surface area contributed by atoms with Crippen molar-refractivity contribution in [1.82, 2.24) is 4.90 Å². The SMILES string of the molecule is CC(C)C(=N)N(C)C(C)C(C)(C)C. The lowest BCUT2D eigenvalue weighted by Gasteiger charge is -2.37. The highest BCUT2D eigenvalue weighted by Crippen LogP contribution is 2.23. The average Bonchev–Trinajstić information content (AvgIpc) is 1.98. The van der Waals surface area contributed by atoms with Crippen molar-refractivity contribution in [2.24, 2.45) is 11.3 Å². The summed E-state index contributed by atoms with van der Waals surface area (Å²) in [4.78, 5) is 2.07. The van der Waals surface area contributed by atoms with E-state index < -0.39 is 0 Å². The molecule has 0 aliphatic carbocycles. The van der Waals surface area contributed by atoms with Crippen LogP contribution in [0.5, 0.6) is 0 Å². The highest BCUT2D eigenvalue weighted by molar-refractivity contribution is 5.81. The van der Waals surface area contributed by atoms with E-state index in [0.717, 1.165) is 5.84 Å². The Kier molecular flexibility index (Phi) is 3.95. The standard InChI is InChI=1S/C11H24N2/c1-8(2)10(12)13(7)9(3)11(4,5)6/h8-9,12H,1-7H3. The molecular weight excluding hydrogens is 160 g/mol. The molecule has 0 spiro atoms. The van der Waals surface area contributed by atoms with Crippen molar-refractivity contribution < 1.29 is 0 Å². The van der Waals surface area contributed by atoms with E-state index in [1.165, 1.54) is 0 Å². The van der Waals surface area contributed by atoms with Gasteiger partial charge in [0.05, 0.1) is 5.84 Å². The first-order chi connectivity index (χ1) is 5.68. The lowest BCUT2D eigenvalue weighted by molar-refractivity contribution is 0.202. The van der Waals surface area contributed by atoms with Gasteiger partial charge in [-0.15, -0.1) is 0 Å². The summed E-state index contributed by atoms with van der Waals surface area (Å²) in [5.74, 6) is 1.04. The molecule has 13 heavy (non-hydrogen) atoms. The summed E-state index contributed by atoms with van der Waals surface area (Å²) in [5.41, 5.74) is 0.232. The molecule has 0 rings (SSSR count). The van der Waals surface area contributed by atoms with Crippen LogP contribution in [0.25, 0.3) is 0 Å². The maximum atomic E-state index is 7.89. The fourth-order valence-electron chi connectivity index (χ4n) is 1.20. The van der Waals surface area contributed by atoms with Gasteiger partial charge in [0.15, 0.2) is 0 Å². The molecule has 1 atom stereocenters. The monoisotopic (exact) mass is 184 g/mol. The van der Waals surface area contributed by atoms with Gasteiger partial charge in [0.25, 0.3) is 0 Å². The third kappa shape index (κ3) is 3.37. The minimum atomic E-state index is 0.232. The van der Waals surface area contributed by atoms with Crippen molar-refractivity contribution in [1.29, 1.82) is 5.41 Å². The number of hydrogen-bond acceptors (Lipinski definition) is 1. The molecule has 1 N–H and O–H groups in total. The van der Waals surface area contributed by atoms with Crippen molar-refractivity contribution in [2.75, 3.05) is 7.05 Å². The summed E-state index contributed by atoms with van der Waals surface area (Å²) in [6.07, 6.45) is 0. The molecule has 78 valence electrons. The Morgan fingerprint density at radius 1 is 1.15 bits per heavy atom. The molecule has 0 aliphatic rings. The zero-order valence-corrected chi connectivity index (χ0v) is 10.1. The van der Waals surface area contributed by atoms with Crippen LogP contribution in [0.4, 0.5) is 0 Å². The summed E-state index contributed by atoms with van der Waals surface area (Å²) >= 11 is 0. The lowest BCUT2D eigenvalue weighted by Crippen LogP contribution is -2.44. The molecule has 0 aromatic rings. The number of nitrogens with one attached hydrogen (secondary N) is 1. The third-order valence-electron chi connectivity index (χ3n) is 2.76. The summed E-state index contributed by atoms with van der Waals surface area (Å²) < 4.78 is 0. The van der Waals surface area contributed by atoms with Gasteiger partial charge < -0.3 is 4.90 Å². The number of hydrogen-bond donors (Lipinski definition) is 1. The van der Waals surface area contributed by atoms with Crippen molar-refractivity contribution in [3.8, 4) is 0 Å². The minimum Gasteiger partial charge on any atom is -0.360 e. The van der Waals surface area contributed by atoms with Crippen LogP contribution < -0.4 is 0 Å². The molecule has 0 heterocycles. The van der Waals surface area contributed by atoms with Gasteiger partial charge in [-0.05, 0) is 12.3 Å². The van der Waals surface area contributed by atoms with Gasteiger partial charge in [-0.3, -0.25) is 5.41 Å². The predicted molar refractivity (Wildman–Crippen MR) is 59.2 cm³/mol. The predicted octanol–water partition coefficient (Wildman–Crippen LogP) is 2.99. The van der Waals surface area contributed by atoms with Crippen LogP contribution in [0.1, 0.15) is 41.5 Å². The maximum Gasteiger partial charge on any atom is 0.0983 e. The summed E-state index contributed by atoms with van der Waals surface area (Å²) in [5, 5.41) is 7.89. The molecule has 0 saturated carbocycles. The Balaban J connectivity index is 4.43. The summed E-state index contributed by atoms with van der Waals surface area (Å²) in [7, 11) is 2.01. The number of amidine groups is 1. The molecule has 2 heteroatoms. The fraction of sp³-hybridized carbons (Fsp3) is 0.909. The number of nitrogens with zero attached hydrogens (tertiary/aromatic N) is 1. The van der Waals surface area contributed by atoms with Crippen LogP contribution in [-0.4, -0.2) is 23.8 Å². The van der Waals surface area contributed by atoms with Crippen LogP contribution in [0.2, 0.25) is 0 Å². The molecule has 0 aliphatic heterocycles. The molecule has 0 aromatic heterocycles. The van der Waals surface area contributed by atoms with Crippen LogP contribution in [-0.2, 0) is 0 Å².